The monoisotopic (exact) mass is 129 g/mol. The minimum atomic E-state index is -1.41. The van der Waals surface area contributed by atoms with Crippen LogP contribution in [-0.4, -0.2) is 26.4 Å². The molecule has 0 atom stereocenters. The van der Waals surface area contributed by atoms with Crippen molar-refractivity contribution in [1.82, 2.24) is 15.2 Å². The van der Waals surface area contributed by atoms with Gasteiger partial charge in [-0.25, -0.2) is 9.89 Å². The zero-order valence-corrected chi connectivity index (χ0v) is 4.24. The van der Waals surface area contributed by atoms with E-state index < -0.39 is 6.16 Å². The number of carbonyl (C=O) groups is 1. The summed E-state index contributed by atoms with van der Waals surface area (Å²) in [5.41, 5.74) is 0. The minimum absolute atomic E-state index is 0.123. The molecule has 0 radical (unpaired) electrons. The van der Waals surface area contributed by atoms with Crippen LogP contribution in [0.1, 0.15) is 0 Å². The zero-order chi connectivity index (χ0) is 6.69. The summed E-state index contributed by atoms with van der Waals surface area (Å²) in [6, 6.07) is -0.123. The van der Waals surface area contributed by atoms with Crippen LogP contribution in [0.5, 0.6) is 6.01 Å². The molecular weight excluding hydrogens is 126 g/mol. The molecule has 1 rings (SSSR count). The Morgan fingerprint density at radius 3 is 3.11 bits per heavy atom. The van der Waals surface area contributed by atoms with Crippen LogP contribution in [0.2, 0.25) is 0 Å². The van der Waals surface area contributed by atoms with Gasteiger partial charge in [0.25, 0.3) is 0 Å². The summed E-state index contributed by atoms with van der Waals surface area (Å²) in [5, 5.41) is 13.5. The predicted octanol–water partition coefficient (Wildman–Crippen LogP) is -0.139. The Morgan fingerprint density at radius 2 is 2.67 bits per heavy atom. The zero-order valence-electron chi connectivity index (χ0n) is 4.24. The van der Waals surface area contributed by atoms with E-state index in [0.29, 0.717) is 0 Å². The van der Waals surface area contributed by atoms with Crippen LogP contribution >= 0.6 is 0 Å². The molecule has 0 amide bonds. The van der Waals surface area contributed by atoms with E-state index in [0.717, 1.165) is 6.33 Å². The smallest absolute Gasteiger partial charge is 0.449 e. The summed E-state index contributed by atoms with van der Waals surface area (Å²) in [7, 11) is 0. The molecular formula is C3H3N3O3. The van der Waals surface area contributed by atoms with Gasteiger partial charge in [-0.15, -0.1) is 0 Å². The summed E-state index contributed by atoms with van der Waals surface area (Å²) >= 11 is 0. The van der Waals surface area contributed by atoms with Gasteiger partial charge < -0.3 is 9.84 Å². The molecule has 6 nitrogen and oxygen atoms in total. The molecule has 0 bridgehead atoms. The van der Waals surface area contributed by atoms with Crippen molar-refractivity contribution in [3.63, 3.8) is 0 Å². The second kappa shape index (κ2) is 2.12. The summed E-state index contributed by atoms with van der Waals surface area (Å²) < 4.78 is 4.04. The number of H-pyrrole nitrogens is 1. The maximum absolute atomic E-state index is 9.76. The number of hydrogen-bond donors (Lipinski definition) is 2. The van der Waals surface area contributed by atoms with E-state index in [1.54, 1.807) is 0 Å². The maximum atomic E-state index is 9.76. The predicted molar refractivity (Wildman–Crippen MR) is 25.0 cm³/mol. The van der Waals surface area contributed by atoms with Crippen molar-refractivity contribution in [3.8, 4) is 6.01 Å². The Kier molecular flexibility index (Phi) is 1.31. The molecule has 0 aliphatic carbocycles. The van der Waals surface area contributed by atoms with Crippen LogP contribution < -0.4 is 4.74 Å². The van der Waals surface area contributed by atoms with Crippen LogP contribution in [0, 0.1) is 0 Å². The Morgan fingerprint density at radius 1 is 1.89 bits per heavy atom. The molecule has 2 N–H and O–H groups in total. The fraction of sp³-hybridized carbons (Fsp3) is 0. The molecule has 1 aromatic rings. The Hall–Kier alpha value is -1.59. The second-order valence-electron chi connectivity index (χ2n) is 1.16. The quantitative estimate of drug-likeness (QED) is 0.515. The van der Waals surface area contributed by atoms with Crippen molar-refractivity contribution in [2.45, 2.75) is 0 Å². The fourth-order valence-electron chi connectivity index (χ4n) is 0.326. The third-order valence-corrected chi connectivity index (χ3v) is 0.577. The Balaban J connectivity index is 2.58. The van der Waals surface area contributed by atoms with Crippen LogP contribution in [0.3, 0.4) is 0 Å². The SMILES string of the molecule is O=C(O)Oc1ncn[nH]1. The number of carboxylic acid groups (broad SMARTS) is 1. The molecule has 1 aromatic heterocycles. The highest BCUT2D eigenvalue weighted by Gasteiger charge is 2.00. The molecule has 0 fully saturated rings. The molecule has 0 aliphatic heterocycles. The minimum Gasteiger partial charge on any atom is -0.449 e. The van der Waals surface area contributed by atoms with Gasteiger partial charge in [0.05, 0.1) is 0 Å². The molecule has 0 aliphatic rings. The standard InChI is InChI=1S/C3H3N3O3/c7-3(8)9-2-4-1-5-6-2/h1H,(H,7,8)(H,4,5,6). The average molecular weight is 129 g/mol. The van der Waals surface area contributed by atoms with Crippen molar-refractivity contribution in [2.75, 3.05) is 0 Å². The lowest BCUT2D eigenvalue weighted by Gasteiger charge is -1.87. The van der Waals surface area contributed by atoms with E-state index in [1.165, 1.54) is 0 Å². The van der Waals surface area contributed by atoms with E-state index in [-0.39, 0.29) is 6.01 Å². The largest absolute Gasteiger partial charge is 0.513 e. The first-order chi connectivity index (χ1) is 4.29. The van der Waals surface area contributed by atoms with E-state index in [9.17, 15) is 4.79 Å². The Labute approximate surface area is 49.5 Å². The van der Waals surface area contributed by atoms with Crippen LogP contribution in [-0.2, 0) is 0 Å². The number of hydrogen-bond acceptors (Lipinski definition) is 4. The fourth-order valence-corrected chi connectivity index (χ4v) is 0.326. The number of aromatic nitrogens is 3. The highest BCUT2D eigenvalue weighted by molar-refractivity contribution is 5.59. The molecule has 0 saturated heterocycles. The molecule has 0 unspecified atom stereocenters. The second-order valence-corrected chi connectivity index (χ2v) is 1.16. The molecule has 0 spiro atoms. The summed E-state index contributed by atoms with van der Waals surface area (Å²) in [6.07, 6.45) is -0.259. The lowest BCUT2D eigenvalue weighted by atomic mass is 11.1. The molecule has 6 heteroatoms. The van der Waals surface area contributed by atoms with Gasteiger partial charge >= 0.3 is 12.2 Å². The first-order valence-electron chi connectivity index (χ1n) is 2.05. The van der Waals surface area contributed by atoms with Gasteiger partial charge in [0, 0.05) is 0 Å². The first-order valence-corrected chi connectivity index (χ1v) is 2.05. The van der Waals surface area contributed by atoms with Crippen molar-refractivity contribution in [3.05, 3.63) is 6.33 Å². The third kappa shape index (κ3) is 1.41. The van der Waals surface area contributed by atoms with E-state index in [4.69, 9.17) is 5.11 Å². The van der Waals surface area contributed by atoms with Gasteiger partial charge in [0.2, 0.25) is 0 Å². The van der Waals surface area contributed by atoms with E-state index in [2.05, 4.69) is 19.9 Å². The van der Waals surface area contributed by atoms with Gasteiger partial charge in [-0.2, -0.15) is 10.1 Å². The molecule has 9 heavy (non-hydrogen) atoms. The van der Waals surface area contributed by atoms with Gasteiger partial charge in [-0.1, -0.05) is 0 Å². The van der Waals surface area contributed by atoms with Crippen molar-refractivity contribution in [1.29, 1.82) is 0 Å². The van der Waals surface area contributed by atoms with Crippen LogP contribution in [0.15, 0.2) is 6.33 Å². The highest BCUT2D eigenvalue weighted by atomic mass is 16.7. The number of aromatic amines is 1. The van der Waals surface area contributed by atoms with Crippen molar-refractivity contribution >= 4 is 6.16 Å². The van der Waals surface area contributed by atoms with Gasteiger partial charge in [-0.05, 0) is 0 Å². The van der Waals surface area contributed by atoms with Crippen LogP contribution in [0.4, 0.5) is 4.79 Å². The normalized spacial score (nSPS) is 8.89. The van der Waals surface area contributed by atoms with Gasteiger partial charge in [0.1, 0.15) is 6.33 Å². The summed E-state index contributed by atoms with van der Waals surface area (Å²) in [5.74, 6) is 0. The number of ether oxygens (including phenoxy) is 1. The molecule has 0 aromatic carbocycles. The van der Waals surface area contributed by atoms with Crippen LogP contribution in [0.25, 0.3) is 0 Å². The first kappa shape index (κ1) is 5.54. The maximum Gasteiger partial charge on any atom is 0.513 e. The van der Waals surface area contributed by atoms with E-state index in [1.807, 2.05) is 0 Å². The number of nitrogens with one attached hydrogen (secondary N) is 1. The molecule has 1 heterocycles. The average Bonchev–Trinajstić information content (AvgIpc) is 2.15. The summed E-state index contributed by atoms with van der Waals surface area (Å²) in [4.78, 5) is 13.1. The summed E-state index contributed by atoms with van der Waals surface area (Å²) in [6.45, 7) is 0. The Bertz CT molecular complexity index is 194. The third-order valence-electron chi connectivity index (χ3n) is 0.577. The van der Waals surface area contributed by atoms with Crippen molar-refractivity contribution in [2.24, 2.45) is 0 Å². The molecule has 0 saturated carbocycles. The van der Waals surface area contributed by atoms with Gasteiger partial charge in [0.15, 0.2) is 0 Å². The highest BCUT2D eigenvalue weighted by Crippen LogP contribution is 1.94. The lowest BCUT2D eigenvalue weighted by molar-refractivity contribution is 0.140. The van der Waals surface area contributed by atoms with Gasteiger partial charge in [-0.3, -0.25) is 0 Å². The molecule has 48 valence electrons. The number of nitrogens with zero attached hydrogens (tertiary/aromatic N) is 2. The van der Waals surface area contributed by atoms with Crippen molar-refractivity contribution < 1.29 is 14.6 Å². The lowest BCUT2D eigenvalue weighted by Crippen LogP contribution is -2.03. The van der Waals surface area contributed by atoms with E-state index >= 15 is 0 Å². The topological polar surface area (TPSA) is 88.1 Å². The number of rotatable bonds is 1.